The van der Waals surface area contributed by atoms with Crippen molar-refractivity contribution < 1.29 is 4.79 Å². The number of hydrogen-bond donors (Lipinski definition) is 0. The van der Waals surface area contributed by atoms with E-state index in [1.165, 1.54) is 0 Å². The van der Waals surface area contributed by atoms with Gasteiger partial charge >= 0.3 is 0 Å². The number of halogens is 1. The van der Waals surface area contributed by atoms with Gasteiger partial charge in [0.05, 0.1) is 0 Å². The van der Waals surface area contributed by atoms with Crippen molar-refractivity contribution >= 4 is 17.5 Å². The molecule has 0 saturated heterocycles. The van der Waals surface area contributed by atoms with E-state index in [1.54, 1.807) is 0 Å². The Morgan fingerprint density at radius 2 is 1.50 bits per heavy atom. The molecule has 0 heterocycles. The first kappa shape index (κ1) is 17.8. The minimum atomic E-state index is 0.307. The highest BCUT2D eigenvalue weighted by Crippen LogP contribution is 2.09. The number of rotatable bonds is 10. The number of unbranched alkanes of at least 4 members (excludes halogenated alkanes) is 1. The van der Waals surface area contributed by atoms with E-state index in [1.807, 2.05) is 4.90 Å². The average molecular weight is 276 g/mol. The van der Waals surface area contributed by atoms with Gasteiger partial charge in [-0.1, -0.05) is 27.7 Å². The van der Waals surface area contributed by atoms with Crippen molar-refractivity contribution in [2.45, 2.75) is 59.8 Å². The van der Waals surface area contributed by atoms with Gasteiger partial charge in [-0.3, -0.25) is 4.79 Å². The second-order valence-electron chi connectivity index (χ2n) is 5.89. The highest BCUT2D eigenvalue weighted by molar-refractivity contribution is 6.17. The third kappa shape index (κ3) is 9.76. The van der Waals surface area contributed by atoms with Crippen molar-refractivity contribution in [2.75, 3.05) is 19.0 Å². The molecule has 2 nitrogen and oxygen atoms in total. The maximum absolute atomic E-state index is 12.1. The van der Waals surface area contributed by atoms with Crippen molar-refractivity contribution in [3.05, 3.63) is 0 Å². The van der Waals surface area contributed by atoms with Gasteiger partial charge < -0.3 is 4.90 Å². The summed E-state index contributed by atoms with van der Waals surface area (Å²) in [5, 5.41) is 0. The van der Waals surface area contributed by atoms with E-state index in [4.69, 9.17) is 11.6 Å². The van der Waals surface area contributed by atoms with Crippen molar-refractivity contribution in [3.8, 4) is 0 Å². The van der Waals surface area contributed by atoms with Crippen molar-refractivity contribution in [1.82, 2.24) is 4.90 Å². The zero-order valence-electron chi connectivity index (χ0n) is 12.5. The minimum absolute atomic E-state index is 0.307. The molecule has 0 aromatic carbocycles. The minimum Gasteiger partial charge on any atom is -0.343 e. The maximum Gasteiger partial charge on any atom is 0.222 e. The molecule has 0 radical (unpaired) electrons. The second-order valence-corrected chi connectivity index (χ2v) is 6.27. The van der Waals surface area contributed by atoms with Crippen LogP contribution in [0.15, 0.2) is 0 Å². The average Bonchev–Trinajstić information content (AvgIpc) is 2.28. The normalized spacial score (nSPS) is 11.3. The molecule has 0 aromatic heterocycles. The fourth-order valence-corrected chi connectivity index (χ4v) is 1.91. The van der Waals surface area contributed by atoms with Gasteiger partial charge in [-0.05, 0) is 37.5 Å². The first-order valence-corrected chi connectivity index (χ1v) is 7.84. The van der Waals surface area contributed by atoms with E-state index in [2.05, 4.69) is 27.7 Å². The lowest BCUT2D eigenvalue weighted by atomic mass is 10.1. The summed E-state index contributed by atoms with van der Waals surface area (Å²) in [7, 11) is 0. The molecule has 0 aliphatic carbocycles. The molecule has 0 saturated carbocycles. The molecule has 1 amide bonds. The summed E-state index contributed by atoms with van der Waals surface area (Å²) < 4.78 is 0. The monoisotopic (exact) mass is 275 g/mol. The third-order valence-electron chi connectivity index (χ3n) is 3.08. The molecule has 0 spiro atoms. The standard InChI is InChI=1S/C15H30ClNO/c1-13(2)8-11-17(12-9-14(3)4)15(18)7-5-6-10-16/h13-14H,5-12H2,1-4H3. The van der Waals surface area contributed by atoms with Crippen LogP contribution in [0.4, 0.5) is 0 Å². The van der Waals surface area contributed by atoms with Crippen LogP contribution in [0.3, 0.4) is 0 Å². The maximum atomic E-state index is 12.1. The molecule has 0 atom stereocenters. The Morgan fingerprint density at radius 1 is 1.00 bits per heavy atom. The van der Waals surface area contributed by atoms with Crippen LogP contribution in [0.2, 0.25) is 0 Å². The molecule has 0 aliphatic heterocycles. The molecule has 18 heavy (non-hydrogen) atoms. The summed E-state index contributed by atoms with van der Waals surface area (Å²) in [4.78, 5) is 14.2. The van der Waals surface area contributed by atoms with Crippen LogP contribution in [0.5, 0.6) is 0 Å². The first-order valence-electron chi connectivity index (χ1n) is 7.31. The Hall–Kier alpha value is -0.240. The number of carbonyl (C=O) groups is 1. The summed E-state index contributed by atoms with van der Waals surface area (Å²) in [5.41, 5.74) is 0. The molecular formula is C15H30ClNO. The van der Waals surface area contributed by atoms with Crippen LogP contribution in [-0.4, -0.2) is 29.8 Å². The summed E-state index contributed by atoms with van der Waals surface area (Å²) >= 11 is 5.65. The summed E-state index contributed by atoms with van der Waals surface area (Å²) in [5.74, 6) is 2.27. The molecule has 0 aliphatic rings. The fraction of sp³-hybridized carbons (Fsp3) is 0.933. The molecular weight excluding hydrogens is 246 g/mol. The molecule has 0 aromatic rings. The van der Waals surface area contributed by atoms with Gasteiger partial charge in [-0.25, -0.2) is 0 Å². The quantitative estimate of drug-likeness (QED) is 0.430. The summed E-state index contributed by atoms with van der Waals surface area (Å²) in [6.45, 7) is 10.6. The summed E-state index contributed by atoms with van der Waals surface area (Å²) in [6, 6.07) is 0. The van der Waals surface area contributed by atoms with Gasteiger partial charge in [-0.2, -0.15) is 0 Å². The van der Waals surface area contributed by atoms with Gasteiger partial charge in [0, 0.05) is 25.4 Å². The van der Waals surface area contributed by atoms with Crippen molar-refractivity contribution in [1.29, 1.82) is 0 Å². The second kappa shape index (κ2) is 10.7. The lowest BCUT2D eigenvalue weighted by molar-refractivity contribution is -0.131. The Labute approximate surface area is 118 Å². The number of amides is 1. The molecule has 0 unspecified atom stereocenters. The first-order chi connectivity index (χ1) is 8.47. The third-order valence-corrected chi connectivity index (χ3v) is 3.35. The van der Waals surface area contributed by atoms with Crippen LogP contribution < -0.4 is 0 Å². The predicted octanol–water partition coefficient (Wildman–Crippen LogP) is 4.32. The molecule has 3 heteroatoms. The fourth-order valence-electron chi connectivity index (χ4n) is 1.72. The van der Waals surface area contributed by atoms with Crippen molar-refractivity contribution in [2.24, 2.45) is 11.8 Å². The molecule has 0 N–H and O–H groups in total. The SMILES string of the molecule is CC(C)CCN(CCC(C)C)C(=O)CCCCCl. The predicted molar refractivity (Wildman–Crippen MR) is 80.1 cm³/mol. The van der Waals surface area contributed by atoms with Gasteiger partial charge in [0.1, 0.15) is 0 Å². The van der Waals surface area contributed by atoms with E-state index in [9.17, 15) is 4.79 Å². The van der Waals surface area contributed by atoms with Crippen LogP contribution in [0.1, 0.15) is 59.8 Å². The Bertz CT molecular complexity index is 205. The Morgan fingerprint density at radius 3 is 1.89 bits per heavy atom. The Kier molecular flexibility index (Phi) is 10.5. The lowest BCUT2D eigenvalue weighted by Gasteiger charge is -2.24. The highest BCUT2D eigenvalue weighted by atomic mass is 35.5. The molecule has 108 valence electrons. The number of carbonyl (C=O) groups excluding carboxylic acids is 1. The van der Waals surface area contributed by atoms with Crippen LogP contribution in [-0.2, 0) is 4.79 Å². The van der Waals surface area contributed by atoms with Gasteiger partial charge in [0.15, 0.2) is 0 Å². The van der Waals surface area contributed by atoms with Gasteiger partial charge in [-0.15, -0.1) is 11.6 Å². The number of alkyl halides is 1. The summed E-state index contributed by atoms with van der Waals surface area (Å²) in [6.07, 6.45) is 4.71. The largest absolute Gasteiger partial charge is 0.343 e. The van der Waals surface area contributed by atoms with Crippen LogP contribution in [0.25, 0.3) is 0 Å². The number of hydrogen-bond acceptors (Lipinski definition) is 1. The molecule has 0 rings (SSSR count). The van der Waals surface area contributed by atoms with Crippen LogP contribution in [0, 0.1) is 11.8 Å². The molecule has 0 fully saturated rings. The van der Waals surface area contributed by atoms with E-state index >= 15 is 0 Å². The topological polar surface area (TPSA) is 20.3 Å². The molecule has 0 bridgehead atoms. The van der Waals surface area contributed by atoms with Crippen molar-refractivity contribution in [3.63, 3.8) is 0 Å². The van der Waals surface area contributed by atoms with E-state index in [-0.39, 0.29) is 0 Å². The zero-order valence-corrected chi connectivity index (χ0v) is 13.3. The zero-order chi connectivity index (χ0) is 14.0. The van der Waals surface area contributed by atoms with Gasteiger partial charge in [0.2, 0.25) is 5.91 Å². The van der Waals surface area contributed by atoms with E-state index in [0.29, 0.717) is 30.0 Å². The highest BCUT2D eigenvalue weighted by Gasteiger charge is 2.13. The number of nitrogens with zero attached hydrogens (tertiary/aromatic N) is 1. The van der Waals surface area contributed by atoms with E-state index < -0.39 is 0 Å². The van der Waals surface area contributed by atoms with E-state index in [0.717, 1.165) is 38.8 Å². The lowest BCUT2D eigenvalue weighted by Crippen LogP contribution is -2.34. The smallest absolute Gasteiger partial charge is 0.222 e. The van der Waals surface area contributed by atoms with Gasteiger partial charge in [0.25, 0.3) is 0 Å². The van der Waals surface area contributed by atoms with Crippen LogP contribution >= 0.6 is 11.6 Å². The Balaban J connectivity index is 4.11.